The van der Waals surface area contributed by atoms with Crippen molar-refractivity contribution < 1.29 is 14.3 Å². The number of aliphatic carboxylic acids is 1. The molecule has 0 aliphatic rings. The fraction of sp³-hybridized carbons (Fsp3) is 0.188. The van der Waals surface area contributed by atoms with Gasteiger partial charge in [0, 0.05) is 12.2 Å². The summed E-state index contributed by atoms with van der Waals surface area (Å²) < 4.78 is 13.3. The first kappa shape index (κ1) is 18.6. The van der Waals surface area contributed by atoms with E-state index in [1.165, 1.54) is 18.2 Å². The van der Waals surface area contributed by atoms with Crippen LogP contribution in [0, 0.1) is 5.82 Å². The van der Waals surface area contributed by atoms with Crippen LogP contribution in [0.4, 0.5) is 10.1 Å². The molecule has 1 N–H and O–H groups in total. The van der Waals surface area contributed by atoms with Crippen LogP contribution in [0.1, 0.15) is 12.5 Å². The molecule has 6 heteroatoms. The number of rotatable bonds is 5. The van der Waals surface area contributed by atoms with E-state index < -0.39 is 17.8 Å². The van der Waals surface area contributed by atoms with Crippen LogP contribution in [-0.2, 0) is 11.3 Å². The normalized spacial score (nSPS) is 11.4. The molecule has 0 bridgehead atoms. The summed E-state index contributed by atoms with van der Waals surface area (Å²) in [6.45, 7) is 1.98. The van der Waals surface area contributed by atoms with Crippen LogP contribution in [0.5, 0.6) is 0 Å². The Morgan fingerprint density at radius 1 is 1.27 bits per heavy atom. The molecule has 2 rings (SSSR count). The van der Waals surface area contributed by atoms with Crippen molar-refractivity contribution in [1.29, 1.82) is 0 Å². The summed E-state index contributed by atoms with van der Waals surface area (Å²) in [4.78, 5) is 13.0. The zero-order chi connectivity index (χ0) is 15.4. The second-order valence-corrected chi connectivity index (χ2v) is 5.13. The van der Waals surface area contributed by atoms with E-state index in [2.05, 4.69) is 0 Å². The van der Waals surface area contributed by atoms with Gasteiger partial charge in [0.2, 0.25) is 0 Å². The van der Waals surface area contributed by atoms with Gasteiger partial charge in [-0.05, 0) is 30.7 Å². The minimum atomic E-state index is -0.952. The first-order valence-corrected chi connectivity index (χ1v) is 6.85. The maximum atomic E-state index is 13.3. The van der Waals surface area contributed by atoms with Gasteiger partial charge in [-0.1, -0.05) is 41.9 Å². The Labute approximate surface area is 145 Å². The van der Waals surface area contributed by atoms with Gasteiger partial charge in [-0.2, -0.15) is 0 Å². The molecule has 0 heterocycles. The van der Waals surface area contributed by atoms with Gasteiger partial charge in [-0.3, -0.25) is 0 Å². The number of hydrogen-bond acceptors (Lipinski definition) is 2. The van der Waals surface area contributed by atoms with Crippen molar-refractivity contribution >= 4 is 42.1 Å². The number of nitrogens with zero attached hydrogens (tertiary/aromatic N) is 1. The predicted molar refractivity (Wildman–Crippen MR) is 88.3 cm³/mol. The minimum absolute atomic E-state index is 0. The fourth-order valence-corrected chi connectivity index (χ4v) is 2.20. The van der Waals surface area contributed by atoms with E-state index >= 15 is 0 Å². The summed E-state index contributed by atoms with van der Waals surface area (Å²) in [6.07, 6.45) is 0. The molecular formula is C16H16ClFLiNO2. The molecule has 0 fully saturated rings. The zero-order valence-corrected chi connectivity index (χ0v) is 12.2. The third-order valence-electron chi connectivity index (χ3n) is 3.26. The number of anilines is 1. The second-order valence-electron chi connectivity index (χ2n) is 4.73. The molecule has 0 spiro atoms. The first-order valence-electron chi connectivity index (χ1n) is 6.47. The summed E-state index contributed by atoms with van der Waals surface area (Å²) in [6, 6.07) is 12.9. The van der Waals surface area contributed by atoms with Crippen LogP contribution >= 0.6 is 11.6 Å². The van der Waals surface area contributed by atoms with Gasteiger partial charge in [0.05, 0.1) is 5.02 Å². The Bertz CT molecular complexity index is 639. The van der Waals surface area contributed by atoms with Gasteiger partial charge in [0.15, 0.2) is 0 Å². The summed E-state index contributed by atoms with van der Waals surface area (Å²) in [5.74, 6) is -1.48. The van der Waals surface area contributed by atoms with E-state index in [0.717, 1.165) is 5.56 Å². The molecule has 0 aliphatic carbocycles. The van der Waals surface area contributed by atoms with Crippen molar-refractivity contribution in [2.24, 2.45) is 0 Å². The molecule has 0 aliphatic heterocycles. The molecule has 3 nitrogen and oxygen atoms in total. The number of hydrogen-bond donors (Lipinski definition) is 1. The van der Waals surface area contributed by atoms with Gasteiger partial charge >= 0.3 is 24.8 Å². The molecule has 2 aromatic rings. The monoisotopic (exact) mass is 315 g/mol. The first-order chi connectivity index (χ1) is 9.99. The quantitative estimate of drug-likeness (QED) is 0.861. The summed E-state index contributed by atoms with van der Waals surface area (Å²) in [5, 5.41) is 9.24. The van der Waals surface area contributed by atoms with Gasteiger partial charge in [-0.25, -0.2) is 9.18 Å². The fourth-order valence-electron chi connectivity index (χ4n) is 2.03. The number of carboxylic acids is 1. The molecule has 2 aromatic carbocycles. The molecule has 0 amide bonds. The Balaban J connectivity index is 0.00000242. The topological polar surface area (TPSA) is 40.5 Å². The van der Waals surface area contributed by atoms with Crippen LogP contribution in [0.3, 0.4) is 0 Å². The average molecular weight is 316 g/mol. The third kappa shape index (κ3) is 4.51. The Morgan fingerprint density at radius 3 is 2.45 bits per heavy atom. The van der Waals surface area contributed by atoms with Crippen molar-refractivity contribution in [3.05, 3.63) is 64.9 Å². The zero-order valence-electron chi connectivity index (χ0n) is 11.5. The number of benzene rings is 2. The van der Waals surface area contributed by atoms with Crippen LogP contribution in [0.25, 0.3) is 0 Å². The SMILES string of the molecule is C[C@@H](C(=O)O)N(Cc1ccccc1)c1ccc(F)c(Cl)c1.[LiH]. The van der Waals surface area contributed by atoms with Gasteiger partial charge in [-0.15, -0.1) is 0 Å². The van der Waals surface area contributed by atoms with Crippen LogP contribution < -0.4 is 4.90 Å². The van der Waals surface area contributed by atoms with E-state index in [1.807, 2.05) is 30.3 Å². The summed E-state index contributed by atoms with van der Waals surface area (Å²) in [5.41, 5.74) is 1.53. The third-order valence-corrected chi connectivity index (χ3v) is 3.55. The molecule has 0 saturated heterocycles. The van der Waals surface area contributed by atoms with Gasteiger partial charge in [0.25, 0.3) is 0 Å². The molecule has 22 heavy (non-hydrogen) atoms. The van der Waals surface area contributed by atoms with Crippen LogP contribution in [-0.4, -0.2) is 36.0 Å². The van der Waals surface area contributed by atoms with Crippen molar-refractivity contribution in [2.45, 2.75) is 19.5 Å². The van der Waals surface area contributed by atoms with Crippen molar-refractivity contribution in [1.82, 2.24) is 0 Å². The maximum absolute atomic E-state index is 13.3. The Kier molecular flexibility index (Phi) is 6.95. The van der Waals surface area contributed by atoms with E-state index in [9.17, 15) is 14.3 Å². The molecule has 0 saturated carbocycles. The second kappa shape index (κ2) is 8.24. The average Bonchev–Trinajstić information content (AvgIpc) is 2.48. The standard InChI is InChI=1S/C16H15ClFNO2.Li.H/c1-11(16(20)21)19(10-12-5-3-2-4-6-12)13-7-8-15(18)14(17)9-13;;/h2-9,11H,10H2,1H3,(H,20,21);;/t11-;;/m0../s1. The van der Waals surface area contributed by atoms with Gasteiger partial charge in [0.1, 0.15) is 11.9 Å². The van der Waals surface area contributed by atoms with E-state index in [-0.39, 0.29) is 23.9 Å². The molecule has 0 aromatic heterocycles. The van der Waals surface area contributed by atoms with Gasteiger partial charge < -0.3 is 10.0 Å². The molecule has 1 atom stereocenters. The van der Waals surface area contributed by atoms with Crippen LogP contribution in [0.15, 0.2) is 48.5 Å². The molecule has 0 radical (unpaired) electrons. The van der Waals surface area contributed by atoms with Crippen molar-refractivity contribution in [3.8, 4) is 0 Å². The predicted octanol–water partition coefficient (Wildman–Crippen LogP) is 3.31. The van der Waals surface area contributed by atoms with Crippen molar-refractivity contribution in [3.63, 3.8) is 0 Å². The summed E-state index contributed by atoms with van der Waals surface area (Å²) >= 11 is 5.80. The molecule has 0 unspecified atom stereocenters. The number of carboxylic acid groups (broad SMARTS) is 1. The van der Waals surface area contributed by atoms with Crippen LogP contribution in [0.2, 0.25) is 5.02 Å². The molecule has 112 valence electrons. The number of carbonyl (C=O) groups is 1. The van der Waals surface area contributed by atoms with E-state index in [1.54, 1.807) is 11.8 Å². The van der Waals surface area contributed by atoms with Crippen molar-refractivity contribution in [2.75, 3.05) is 4.90 Å². The Hall–Kier alpha value is -1.47. The Morgan fingerprint density at radius 2 is 1.91 bits per heavy atom. The van der Waals surface area contributed by atoms with E-state index in [4.69, 9.17) is 11.6 Å². The summed E-state index contributed by atoms with van der Waals surface area (Å²) in [7, 11) is 0. The molecular weight excluding hydrogens is 300 g/mol. The number of halogens is 2. The van der Waals surface area contributed by atoms with E-state index in [0.29, 0.717) is 12.2 Å².